The molecule has 1 saturated heterocycles. The molecule has 1 atom stereocenters. The van der Waals surface area contributed by atoms with Crippen molar-refractivity contribution >= 4 is 5.91 Å². The highest BCUT2D eigenvalue weighted by atomic mass is 16.2. The van der Waals surface area contributed by atoms with Crippen LogP contribution in [0.2, 0.25) is 0 Å². The lowest BCUT2D eigenvalue weighted by molar-refractivity contribution is -0.135. The third-order valence-corrected chi connectivity index (χ3v) is 5.83. The van der Waals surface area contributed by atoms with Crippen molar-refractivity contribution in [2.45, 2.75) is 32.4 Å². The number of hydrogen-bond acceptors (Lipinski definition) is 2. The van der Waals surface area contributed by atoms with Gasteiger partial charge >= 0.3 is 0 Å². The quantitative estimate of drug-likeness (QED) is 0.906. The van der Waals surface area contributed by atoms with Gasteiger partial charge in [0.05, 0.1) is 0 Å². The number of carbonyl (C=O) groups is 1. The minimum absolute atomic E-state index is 0.224. The molecule has 2 aromatic carbocycles. The van der Waals surface area contributed by atoms with E-state index in [-0.39, 0.29) is 11.3 Å². The summed E-state index contributed by atoms with van der Waals surface area (Å²) in [5.74, 6) is 0.566. The lowest BCUT2D eigenvalue weighted by atomic mass is 9.91. The van der Waals surface area contributed by atoms with Crippen molar-refractivity contribution in [1.29, 1.82) is 0 Å². The fourth-order valence-corrected chi connectivity index (χ4v) is 4.21. The first-order valence-electron chi connectivity index (χ1n) is 9.34. The normalized spacial score (nSPS) is 21.0. The van der Waals surface area contributed by atoms with Crippen molar-refractivity contribution in [3.8, 4) is 0 Å². The molecule has 130 valence electrons. The Morgan fingerprint density at radius 2 is 1.44 bits per heavy atom. The predicted octanol–water partition coefficient (Wildman–Crippen LogP) is 3.61. The van der Waals surface area contributed by atoms with E-state index in [2.05, 4.69) is 34.5 Å². The van der Waals surface area contributed by atoms with Crippen LogP contribution in [0.3, 0.4) is 0 Å². The SMILES string of the molecule is O=C([C@H]1CC12CCNCC2)N(Cc1ccccc1)Cc1ccccc1. The molecule has 1 saturated carbocycles. The van der Waals surface area contributed by atoms with E-state index < -0.39 is 0 Å². The van der Waals surface area contributed by atoms with Gasteiger partial charge in [-0.2, -0.15) is 0 Å². The van der Waals surface area contributed by atoms with E-state index in [9.17, 15) is 4.79 Å². The molecule has 0 aromatic heterocycles. The molecule has 1 N–H and O–H groups in total. The second-order valence-electron chi connectivity index (χ2n) is 7.53. The maximum atomic E-state index is 13.3. The van der Waals surface area contributed by atoms with E-state index in [0.717, 1.165) is 32.4 Å². The van der Waals surface area contributed by atoms with Crippen LogP contribution in [0.15, 0.2) is 60.7 Å². The molecule has 0 unspecified atom stereocenters. The van der Waals surface area contributed by atoms with Gasteiger partial charge < -0.3 is 10.2 Å². The Morgan fingerprint density at radius 3 is 1.96 bits per heavy atom. The van der Waals surface area contributed by atoms with E-state index in [1.54, 1.807) is 0 Å². The van der Waals surface area contributed by atoms with Crippen molar-refractivity contribution in [2.75, 3.05) is 13.1 Å². The summed E-state index contributed by atoms with van der Waals surface area (Å²) < 4.78 is 0. The maximum Gasteiger partial charge on any atom is 0.226 e. The average Bonchev–Trinajstić information content (AvgIpc) is 3.35. The van der Waals surface area contributed by atoms with Crippen molar-refractivity contribution in [2.24, 2.45) is 11.3 Å². The molecule has 3 nitrogen and oxygen atoms in total. The molecule has 1 aliphatic heterocycles. The van der Waals surface area contributed by atoms with E-state index in [4.69, 9.17) is 0 Å². The van der Waals surface area contributed by atoms with Crippen LogP contribution < -0.4 is 5.32 Å². The van der Waals surface area contributed by atoms with Gasteiger partial charge in [-0.15, -0.1) is 0 Å². The van der Waals surface area contributed by atoms with Crippen molar-refractivity contribution in [3.05, 3.63) is 71.8 Å². The van der Waals surface area contributed by atoms with Crippen LogP contribution in [0.25, 0.3) is 0 Å². The zero-order valence-corrected chi connectivity index (χ0v) is 14.7. The number of rotatable bonds is 5. The topological polar surface area (TPSA) is 32.3 Å². The number of benzene rings is 2. The van der Waals surface area contributed by atoms with Gasteiger partial charge in [-0.05, 0) is 48.9 Å². The summed E-state index contributed by atoms with van der Waals surface area (Å²) in [6.07, 6.45) is 3.37. The van der Waals surface area contributed by atoms with Gasteiger partial charge in [-0.1, -0.05) is 60.7 Å². The molecule has 1 spiro atoms. The number of piperidine rings is 1. The van der Waals surface area contributed by atoms with Gasteiger partial charge in [0.15, 0.2) is 0 Å². The highest BCUT2D eigenvalue weighted by molar-refractivity contribution is 5.82. The predicted molar refractivity (Wildman–Crippen MR) is 99.8 cm³/mol. The zero-order valence-electron chi connectivity index (χ0n) is 14.7. The second-order valence-corrected chi connectivity index (χ2v) is 7.53. The molecular weight excluding hydrogens is 308 g/mol. The van der Waals surface area contributed by atoms with Crippen LogP contribution in [0.1, 0.15) is 30.4 Å². The van der Waals surface area contributed by atoms with Gasteiger partial charge in [0.25, 0.3) is 0 Å². The summed E-state index contributed by atoms with van der Waals surface area (Å²) in [6.45, 7) is 3.50. The first-order valence-corrected chi connectivity index (χ1v) is 9.34. The Hall–Kier alpha value is -2.13. The van der Waals surface area contributed by atoms with E-state index >= 15 is 0 Å². The average molecular weight is 334 g/mol. The maximum absolute atomic E-state index is 13.3. The summed E-state index contributed by atoms with van der Waals surface area (Å²) >= 11 is 0. The Kier molecular flexibility index (Phi) is 4.58. The largest absolute Gasteiger partial charge is 0.334 e. The molecule has 1 aliphatic carbocycles. The van der Waals surface area contributed by atoms with Crippen molar-refractivity contribution in [1.82, 2.24) is 10.2 Å². The lowest BCUT2D eigenvalue weighted by Crippen LogP contribution is -2.36. The summed E-state index contributed by atoms with van der Waals surface area (Å²) in [5.41, 5.74) is 2.69. The van der Waals surface area contributed by atoms with E-state index in [1.165, 1.54) is 11.1 Å². The van der Waals surface area contributed by atoms with Crippen molar-refractivity contribution in [3.63, 3.8) is 0 Å². The molecule has 0 radical (unpaired) electrons. The van der Waals surface area contributed by atoms with Gasteiger partial charge in [0, 0.05) is 19.0 Å². The third-order valence-electron chi connectivity index (χ3n) is 5.83. The van der Waals surface area contributed by atoms with Crippen LogP contribution in [-0.2, 0) is 17.9 Å². The third kappa shape index (κ3) is 3.62. The summed E-state index contributed by atoms with van der Waals surface area (Å²) in [7, 11) is 0. The Morgan fingerprint density at radius 1 is 0.920 bits per heavy atom. The van der Waals surface area contributed by atoms with Crippen LogP contribution in [0, 0.1) is 11.3 Å². The van der Waals surface area contributed by atoms with Gasteiger partial charge in [0.2, 0.25) is 5.91 Å². The van der Waals surface area contributed by atoms with Crippen LogP contribution >= 0.6 is 0 Å². The summed E-state index contributed by atoms with van der Waals surface area (Å²) in [5, 5.41) is 3.42. The molecule has 3 heteroatoms. The van der Waals surface area contributed by atoms with Crippen LogP contribution in [0.4, 0.5) is 0 Å². The standard InChI is InChI=1S/C22H26N2O/c25-21(20-15-22(20)11-13-23-14-12-22)24(16-18-7-3-1-4-8-18)17-19-9-5-2-6-10-19/h1-10,20,23H,11-17H2/t20-/m1/s1. The number of nitrogens with zero attached hydrogens (tertiary/aromatic N) is 1. The highest BCUT2D eigenvalue weighted by Gasteiger charge is 2.58. The minimum atomic E-state index is 0.224. The lowest BCUT2D eigenvalue weighted by Gasteiger charge is -2.27. The summed E-state index contributed by atoms with van der Waals surface area (Å²) in [4.78, 5) is 15.4. The molecule has 2 fully saturated rings. The number of amides is 1. The molecule has 1 heterocycles. The minimum Gasteiger partial charge on any atom is -0.334 e. The summed E-state index contributed by atoms with van der Waals surface area (Å²) in [6, 6.07) is 20.7. The molecule has 2 aromatic rings. The molecule has 2 aliphatic rings. The molecule has 4 rings (SSSR count). The molecular formula is C22H26N2O. The van der Waals surface area contributed by atoms with Gasteiger partial charge in [-0.25, -0.2) is 0 Å². The van der Waals surface area contributed by atoms with Crippen LogP contribution in [0.5, 0.6) is 0 Å². The molecule has 25 heavy (non-hydrogen) atoms. The van der Waals surface area contributed by atoms with E-state index in [0.29, 0.717) is 19.0 Å². The van der Waals surface area contributed by atoms with Crippen molar-refractivity contribution < 1.29 is 4.79 Å². The number of carbonyl (C=O) groups excluding carboxylic acids is 1. The Balaban J connectivity index is 1.51. The van der Waals surface area contributed by atoms with Gasteiger partial charge in [-0.3, -0.25) is 4.79 Å². The fraction of sp³-hybridized carbons (Fsp3) is 0.409. The zero-order chi connectivity index (χ0) is 17.1. The van der Waals surface area contributed by atoms with Gasteiger partial charge in [0.1, 0.15) is 0 Å². The van der Waals surface area contributed by atoms with E-state index in [1.807, 2.05) is 36.4 Å². The highest BCUT2D eigenvalue weighted by Crippen LogP contribution is 2.59. The molecule has 1 amide bonds. The molecule has 0 bridgehead atoms. The fourth-order valence-electron chi connectivity index (χ4n) is 4.21. The van der Waals surface area contributed by atoms with Crippen LogP contribution in [-0.4, -0.2) is 23.9 Å². The Bertz CT molecular complexity index is 666. The second kappa shape index (κ2) is 7.01. The smallest absolute Gasteiger partial charge is 0.226 e. The Labute approximate surface area is 150 Å². The number of hydrogen-bond donors (Lipinski definition) is 1. The first kappa shape index (κ1) is 16.3. The monoisotopic (exact) mass is 334 g/mol. The first-order chi connectivity index (χ1) is 12.3. The number of nitrogens with one attached hydrogen (secondary N) is 1.